The molecule has 0 amide bonds. The van der Waals surface area contributed by atoms with Gasteiger partial charge in [-0.2, -0.15) is 0 Å². The third-order valence-corrected chi connectivity index (χ3v) is 5.55. The molecule has 0 spiro atoms. The van der Waals surface area contributed by atoms with E-state index in [1.165, 1.54) is 25.9 Å². The van der Waals surface area contributed by atoms with Crippen LogP contribution in [0.25, 0.3) is 31.4 Å². The second kappa shape index (κ2) is 6.31. The highest BCUT2D eigenvalue weighted by Gasteiger charge is 2.12. The van der Waals surface area contributed by atoms with Crippen LogP contribution >= 0.6 is 22.9 Å². The van der Waals surface area contributed by atoms with Crippen LogP contribution in [0.4, 0.5) is 0 Å². The van der Waals surface area contributed by atoms with Gasteiger partial charge in [0.05, 0.1) is 16.1 Å². The van der Waals surface area contributed by atoms with Gasteiger partial charge in [0, 0.05) is 26.9 Å². The molecule has 23 heavy (non-hydrogen) atoms. The molecule has 114 valence electrons. The van der Waals surface area contributed by atoms with E-state index in [-0.39, 0.29) is 0 Å². The van der Waals surface area contributed by atoms with Crippen molar-refractivity contribution in [3.8, 4) is 11.3 Å². The zero-order chi connectivity index (χ0) is 15.6. The van der Waals surface area contributed by atoms with Crippen molar-refractivity contribution in [1.29, 1.82) is 0 Å². The van der Waals surface area contributed by atoms with Crippen molar-refractivity contribution in [2.75, 3.05) is 5.88 Å². The molecule has 0 saturated carbocycles. The Kier molecular flexibility index (Phi) is 4.02. The zero-order valence-corrected chi connectivity index (χ0v) is 14.2. The van der Waals surface area contributed by atoms with E-state index in [1.807, 2.05) is 17.4 Å². The molecule has 4 rings (SSSR count). The molecule has 0 atom stereocenters. The number of aryl methyl sites for hydroxylation is 1. The topological polar surface area (TPSA) is 12.9 Å². The molecule has 0 N–H and O–H groups in total. The Hall–Kier alpha value is -1.90. The van der Waals surface area contributed by atoms with Crippen molar-refractivity contribution in [2.45, 2.75) is 12.8 Å². The molecule has 0 radical (unpaired) electrons. The zero-order valence-electron chi connectivity index (χ0n) is 12.6. The van der Waals surface area contributed by atoms with Gasteiger partial charge in [0.15, 0.2) is 0 Å². The highest BCUT2D eigenvalue weighted by atomic mass is 35.5. The lowest BCUT2D eigenvalue weighted by Crippen LogP contribution is -1.94. The van der Waals surface area contributed by atoms with Crippen LogP contribution in [0.5, 0.6) is 0 Å². The monoisotopic (exact) mass is 337 g/mol. The largest absolute Gasteiger partial charge is 0.251 e. The number of alkyl halides is 1. The molecule has 2 heterocycles. The van der Waals surface area contributed by atoms with Crippen LogP contribution in [0.3, 0.4) is 0 Å². The minimum absolute atomic E-state index is 0.670. The quantitative estimate of drug-likeness (QED) is 0.399. The van der Waals surface area contributed by atoms with E-state index in [2.05, 4.69) is 54.6 Å². The van der Waals surface area contributed by atoms with Crippen molar-refractivity contribution in [2.24, 2.45) is 0 Å². The predicted molar refractivity (Wildman–Crippen MR) is 102 cm³/mol. The summed E-state index contributed by atoms with van der Waals surface area (Å²) in [4.78, 5) is 4.96. The third-order valence-electron chi connectivity index (χ3n) is 4.05. The Bertz CT molecular complexity index is 959. The number of nitrogens with zero attached hydrogens (tertiary/aromatic N) is 1. The Morgan fingerprint density at radius 1 is 0.913 bits per heavy atom. The molecular weight excluding hydrogens is 322 g/mol. The first kappa shape index (κ1) is 14.7. The van der Waals surface area contributed by atoms with Crippen LogP contribution in [-0.4, -0.2) is 10.9 Å². The van der Waals surface area contributed by atoms with Gasteiger partial charge in [-0.1, -0.05) is 48.5 Å². The highest BCUT2D eigenvalue weighted by Crippen LogP contribution is 2.37. The van der Waals surface area contributed by atoms with Crippen molar-refractivity contribution >= 4 is 43.1 Å². The first-order valence-electron chi connectivity index (χ1n) is 7.79. The minimum Gasteiger partial charge on any atom is -0.251 e. The van der Waals surface area contributed by atoms with E-state index in [0.29, 0.717) is 5.88 Å². The molecule has 0 aliphatic carbocycles. The lowest BCUT2D eigenvalue weighted by molar-refractivity contribution is 0.902. The molecule has 3 heteroatoms. The number of hydrogen-bond donors (Lipinski definition) is 0. The van der Waals surface area contributed by atoms with Crippen molar-refractivity contribution < 1.29 is 0 Å². The molecule has 2 aromatic heterocycles. The molecule has 0 aliphatic rings. The molecule has 0 unspecified atom stereocenters. The maximum absolute atomic E-state index is 5.91. The van der Waals surface area contributed by atoms with E-state index < -0.39 is 0 Å². The van der Waals surface area contributed by atoms with Crippen molar-refractivity contribution in [1.82, 2.24) is 4.98 Å². The fourth-order valence-corrected chi connectivity index (χ4v) is 4.28. The number of aromatic nitrogens is 1. The van der Waals surface area contributed by atoms with E-state index in [0.717, 1.165) is 24.1 Å². The summed E-state index contributed by atoms with van der Waals surface area (Å²) < 4.78 is 2.62. The van der Waals surface area contributed by atoms with Crippen LogP contribution in [-0.2, 0) is 6.42 Å². The van der Waals surface area contributed by atoms with Gasteiger partial charge in [-0.25, -0.2) is 0 Å². The highest BCUT2D eigenvalue weighted by molar-refractivity contribution is 7.26. The summed E-state index contributed by atoms with van der Waals surface area (Å²) in [6.07, 6.45) is 1.88. The normalized spacial score (nSPS) is 11.3. The van der Waals surface area contributed by atoms with Gasteiger partial charge < -0.3 is 0 Å². The summed E-state index contributed by atoms with van der Waals surface area (Å²) in [5.41, 5.74) is 3.38. The van der Waals surface area contributed by atoms with Gasteiger partial charge in [-0.15, -0.1) is 22.9 Å². The molecule has 0 aliphatic heterocycles. The number of fused-ring (bicyclic) bond motifs is 3. The van der Waals surface area contributed by atoms with Gasteiger partial charge in [0.25, 0.3) is 0 Å². The van der Waals surface area contributed by atoms with Crippen LogP contribution in [0.15, 0.2) is 60.7 Å². The molecule has 2 aromatic carbocycles. The first-order chi connectivity index (χ1) is 11.4. The molecule has 0 fully saturated rings. The minimum atomic E-state index is 0.670. The average Bonchev–Trinajstić information content (AvgIpc) is 2.99. The standard InChI is InChI=1S/C20H16ClNS/c21-12-6-10-17-20-16(15-9-4-5-11-19(15)23-20)13-18(22-17)14-7-2-1-3-8-14/h1-5,7-9,11,13H,6,10,12H2. The fourth-order valence-electron chi connectivity index (χ4n) is 2.95. The lowest BCUT2D eigenvalue weighted by Gasteiger charge is -2.07. The summed E-state index contributed by atoms with van der Waals surface area (Å²) in [5, 5.41) is 2.63. The maximum Gasteiger partial charge on any atom is 0.0712 e. The summed E-state index contributed by atoms with van der Waals surface area (Å²) >= 11 is 7.75. The molecular formula is C20H16ClNS. The number of halogens is 1. The maximum atomic E-state index is 5.91. The molecule has 0 bridgehead atoms. The van der Waals surface area contributed by atoms with Crippen molar-refractivity contribution in [3.63, 3.8) is 0 Å². The predicted octanol–water partition coefficient (Wildman–Crippen LogP) is 6.29. The summed E-state index contributed by atoms with van der Waals surface area (Å²) in [6, 6.07) is 21.2. The van der Waals surface area contributed by atoms with Gasteiger partial charge in [-0.05, 0) is 25.0 Å². The Morgan fingerprint density at radius 2 is 1.70 bits per heavy atom. The van der Waals surface area contributed by atoms with Crippen LogP contribution in [0, 0.1) is 0 Å². The van der Waals surface area contributed by atoms with Crippen LogP contribution in [0.1, 0.15) is 12.1 Å². The Labute approximate surface area is 144 Å². The lowest BCUT2D eigenvalue weighted by atomic mass is 10.1. The van der Waals surface area contributed by atoms with Gasteiger partial charge in [-0.3, -0.25) is 4.98 Å². The average molecular weight is 338 g/mol. The van der Waals surface area contributed by atoms with Crippen LogP contribution in [0.2, 0.25) is 0 Å². The molecule has 4 aromatic rings. The number of pyridine rings is 1. The summed E-state index contributed by atoms with van der Waals surface area (Å²) in [6.45, 7) is 0. The Morgan fingerprint density at radius 3 is 2.52 bits per heavy atom. The van der Waals surface area contributed by atoms with Gasteiger partial charge >= 0.3 is 0 Å². The van der Waals surface area contributed by atoms with E-state index in [4.69, 9.17) is 16.6 Å². The van der Waals surface area contributed by atoms with Crippen molar-refractivity contribution in [3.05, 3.63) is 66.4 Å². The van der Waals surface area contributed by atoms with E-state index >= 15 is 0 Å². The summed E-state index contributed by atoms with van der Waals surface area (Å²) in [7, 11) is 0. The molecule has 1 nitrogen and oxygen atoms in total. The first-order valence-corrected chi connectivity index (χ1v) is 9.14. The van der Waals surface area contributed by atoms with Gasteiger partial charge in [0.2, 0.25) is 0 Å². The van der Waals surface area contributed by atoms with Crippen LogP contribution < -0.4 is 0 Å². The number of thiophene rings is 1. The fraction of sp³-hybridized carbons (Fsp3) is 0.150. The number of benzene rings is 2. The number of rotatable bonds is 4. The number of hydrogen-bond acceptors (Lipinski definition) is 2. The van der Waals surface area contributed by atoms with E-state index in [1.54, 1.807) is 0 Å². The second-order valence-corrected chi connectivity index (χ2v) is 7.02. The summed E-state index contributed by atoms with van der Waals surface area (Å²) in [5.74, 6) is 0.670. The third kappa shape index (κ3) is 2.73. The van der Waals surface area contributed by atoms with E-state index in [9.17, 15) is 0 Å². The van der Waals surface area contributed by atoms with Gasteiger partial charge in [0.1, 0.15) is 0 Å². The Balaban J connectivity index is 1.99. The SMILES string of the molecule is ClCCCc1nc(-c2ccccc2)cc2c1sc1ccccc12. The second-order valence-electron chi connectivity index (χ2n) is 5.59. The smallest absolute Gasteiger partial charge is 0.0712 e. The molecule has 0 saturated heterocycles.